The zero-order valence-corrected chi connectivity index (χ0v) is 9.74. The highest BCUT2D eigenvalue weighted by Crippen LogP contribution is 2.19. The molecule has 0 saturated carbocycles. The molecule has 6 heteroatoms. The highest BCUT2D eigenvalue weighted by atomic mass is 32.2. The van der Waals surface area contributed by atoms with Crippen LogP contribution >= 0.6 is 0 Å². The summed E-state index contributed by atoms with van der Waals surface area (Å²) >= 11 is 0. The first-order chi connectivity index (χ1) is 8.00. The van der Waals surface area contributed by atoms with E-state index < -0.39 is 9.84 Å². The number of nitriles is 1. The largest absolute Gasteiger partial charge is 0.398 e. The van der Waals surface area contributed by atoms with Gasteiger partial charge >= 0.3 is 0 Å². The van der Waals surface area contributed by atoms with E-state index in [9.17, 15) is 8.42 Å². The quantitative estimate of drug-likeness (QED) is 0.758. The molecule has 5 nitrogen and oxygen atoms in total. The summed E-state index contributed by atoms with van der Waals surface area (Å²) in [4.78, 5) is 0. The van der Waals surface area contributed by atoms with Gasteiger partial charge < -0.3 is 11.1 Å². The number of nitrogens with two attached hydrogens (primary N) is 1. The van der Waals surface area contributed by atoms with E-state index in [1.165, 1.54) is 5.41 Å². The van der Waals surface area contributed by atoms with Gasteiger partial charge in [0.1, 0.15) is 6.07 Å². The average Bonchev–Trinajstić information content (AvgIpc) is 2.61. The normalized spacial score (nSPS) is 21.0. The van der Waals surface area contributed by atoms with Crippen LogP contribution in [0.15, 0.2) is 29.7 Å². The van der Waals surface area contributed by atoms with Gasteiger partial charge in [0.2, 0.25) is 0 Å². The molecule has 1 aliphatic rings. The van der Waals surface area contributed by atoms with Crippen LogP contribution in [0.4, 0.5) is 11.4 Å². The summed E-state index contributed by atoms with van der Waals surface area (Å²) in [5.41, 5.74) is 7.06. The molecule has 0 saturated heterocycles. The summed E-state index contributed by atoms with van der Waals surface area (Å²) in [6, 6.07) is 6.66. The second-order valence-corrected chi connectivity index (χ2v) is 5.75. The first-order valence-corrected chi connectivity index (χ1v) is 6.69. The summed E-state index contributed by atoms with van der Waals surface area (Å²) in [7, 11) is -3.07. The van der Waals surface area contributed by atoms with Gasteiger partial charge in [0.15, 0.2) is 9.84 Å². The maximum atomic E-state index is 11.2. The Labute approximate surface area is 99.5 Å². The minimum atomic E-state index is -3.07. The van der Waals surface area contributed by atoms with E-state index in [1.54, 1.807) is 24.3 Å². The molecular formula is C11H11N3O2S. The number of sulfone groups is 1. The Morgan fingerprint density at radius 1 is 1.47 bits per heavy atom. The predicted molar refractivity (Wildman–Crippen MR) is 65.9 cm³/mol. The van der Waals surface area contributed by atoms with Crippen LogP contribution in [-0.4, -0.2) is 20.2 Å². The van der Waals surface area contributed by atoms with Crippen molar-refractivity contribution < 1.29 is 8.42 Å². The number of benzene rings is 1. The molecule has 1 heterocycles. The minimum Gasteiger partial charge on any atom is -0.398 e. The molecule has 0 amide bonds. The molecule has 0 bridgehead atoms. The number of rotatable bonds is 2. The van der Waals surface area contributed by atoms with Crippen molar-refractivity contribution in [1.29, 1.82) is 5.26 Å². The average molecular weight is 249 g/mol. The van der Waals surface area contributed by atoms with E-state index in [2.05, 4.69) is 5.32 Å². The lowest BCUT2D eigenvalue weighted by Crippen LogP contribution is -2.20. The van der Waals surface area contributed by atoms with Gasteiger partial charge in [-0.05, 0) is 18.2 Å². The van der Waals surface area contributed by atoms with E-state index in [1.807, 2.05) is 6.07 Å². The zero-order valence-electron chi connectivity index (χ0n) is 8.92. The van der Waals surface area contributed by atoms with Crippen molar-refractivity contribution in [3.63, 3.8) is 0 Å². The Morgan fingerprint density at radius 3 is 2.82 bits per heavy atom. The Morgan fingerprint density at radius 2 is 2.24 bits per heavy atom. The molecule has 1 aromatic rings. The van der Waals surface area contributed by atoms with Crippen LogP contribution < -0.4 is 11.1 Å². The van der Waals surface area contributed by atoms with Gasteiger partial charge in [0.05, 0.1) is 17.4 Å². The van der Waals surface area contributed by atoms with Crippen molar-refractivity contribution in [3.8, 4) is 6.07 Å². The molecule has 1 atom stereocenters. The standard InChI is InChI=1S/C11H11N3O2S/c12-6-8-5-9(1-2-11(8)13)14-10-3-4-17(15,16)7-10/h1-5,10,14H,7,13H2. The van der Waals surface area contributed by atoms with Crippen molar-refractivity contribution in [2.75, 3.05) is 16.8 Å². The van der Waals surface area contributed by atoms with Crippen molar-refractivity contribution in [3.05, 3.63) is 35.2 Å². The molecule has 0 aliphatic carbocycles. The number of nitrogen functional groups attached to an aromatic ring is 1. The van der Waals surface area contributed by atoms with Gasteiger partial charge in [-0.3, -0.25) is 0 Å². The van der Waals surface area contributed by atoms with Crippen molar-refractivity contribution in [2.45, 2.75) is 6.04 Å². The SMILES string of the molecule is N#Cc1cc(NC2C=CS(=O)(=O)C2)ccc1N. The Hall–Kier alpha value is -2.00. The van der Waals surface area contributed by atoms with Crippen LogP contribution in [0.25, 0.3) is 0 Å². The smallest absolute Gasteiger partial charge is 0.173 e. The van der Waals surface area contributed by atoms with Crippen LogP contribution in [0.3, 0.4) is 0 Å². The topological polar surface area (TPSA) is 96.0 Å². The fourth-order valence-electron chi connectivity index (χ4n) is 1.62. The van der Waals surface area contributed by atoms with Crippen LogP contribution in [0, 0.1) is 11.3 Å². The van der Waals surface area contributed by atoms with E-state index in [4.69, 9.17) is 11.0 Å². The minimum absolute atomic E-state index is 0.0409. The number of anilines is 2. The first kappa shape index (κ1) is 11.5. The number of hydrogen-bond donors (Lipinski definition) is 2. The molecule has 0 fully saturated rings. The molecule has 1 aromatic carbocycles. The van der Waals surface area contributed by atoms with Gasteiger partial charge in [-0.25, -0.2) is 8.42 Å². The third-order valence-corrected chi connectivity index (χ3v) is 3.85. The van der Waals surface area contributed by atoms with Crippen molar-refractivity contribution in [2.24, 2.45) is 0 Å². The maximum Gasteiger partial charge on any atom is 0.173 e. The van der Waals surface area contributed by atoms with Crippen LogP contribution in [0.5, 0.6) is 0 Å². The summed E-state index contributed by atoms with van der Waals surface area (Å²) in [6.45, 7) is 0. The number of nitrogens with one attached hydrogen (secondary N) is 1. The highest BCUT2D eigenvalue weighted by molar-refractivity contribution is 7.94. The van der Waals surface area contributed by atoms with Gasteiger partial charge in [0, 0.05) is 16.8 Å². The van der Waals surface area contributed by atoms with E-state index >= 15 is 0 Å². The molecule has 2 rings (SSSR count). The second-order valence-electron chi connectivity index (χ2n) is 3.82. The van der Waals surface area contributed by atoms with Crippen LogP contribution in [-0.2, 0) is 9.84 Å². The molecule has 0 radical (unpaired) electrons. The second kappa shape index (κ2) is 4.11. The molecular weight excluding hydrogens is 238 g/mol. The summed E-state index contributed by atoms with van der Waals surface area (Å²) in [6.07, 6.45) is 1.59. The number of nitrogens with zero attached hydrogens (tertiary/aromatic N) is 1. The predicted octanol–water partition coefficient (Wildman–Crippen LogP) is 0.863. The van der Waals surface area contributed by atoms with E-state index in [0.717, 1.165) is 0 Å². The molecule has 0 aromatic heterocycles. The molecule has 88 valence electrons. The van der Waals surface area contributed by atoms with Crippen molar-refractivity contribution in [1.82, 2.24) is 0 Å². The fourth-order valence-corrected chi connectivity index (χ4v) is 2.86. The molecule has 0 spiro atoms. The Kier molecular flexibility index (Phi) is 2.77. The third-order valence-electron chi connectivity index (χ3n) is 2.46. The van der Waals surface area contributed by atoms with Gasteiger partial charge in [-0.15, -0.1) is 0 Å². The summed E-state index contributed by atoms with van der Waals surface area (Å²) < 4.78 is 22.4. The first-order valence-electron chi connectivity index (χ1n) is 4.97. The molecule has 1 aliphatic heterocycles. The van der Waals surface area contributed by atoms with Gasteiger partial charge in [0.25, 0.3) is 0 Å². The van der Waals surface area contributed by atoms with Gasteiger partial charge in [-0.2, -0.15) is 5.26 Å². The lowest BCUT2D eigenvalue weighted by Gasteiger charge is -2.12. The Bertz CT molecular complexity index is 614. The van der Waals surface area contributed by atoms with Crippen molar-refractivity contribution >= 4 is 21.2 Å². The fraction of sp³-hybridized carbons (Fsp3) is 0.182. The van der Waals surface area contributed by atoms with Gasteiger partial charge in [-0.1, -0.05) is 6.08 Å². The molecule has 17 heavy (non-hydrogen) atoms. The molecule has 3 N–H and O–H groups in total. The summed E-state index contributed by atoms with van der Waals surface area (Å²) in [5, 5.41) is 13.0. The van der Waals surface area contributed by atoms with E-state index in [0.29, 0.717) is 16.9 Å². The maximum absolute atomic E-state index is 11.2. The van der Waals surface area contributed by atoms with Crippen LogP contribution in [0.2, 0.25) is 0 Å². The molecule has 1 unspecified atom stereocenters. The highest BCUT2D eigenvalue weighted by Gasteiger charge is 2.21. The zero-order chi connectivity index (χ0) is 12.5. The van der Waals surface area contributed by atoms with E-state index in [-0.39, 0.29) is 11.8 Å². The monoisotopic (exact) mass is 249 g/mol. The number of hydrogen-bond acceptors (Lipinski definition) is 5. The lowest BCUT2D eigenvalue weighted by atomic mass is 10.1. The summed E-state index contributed by atoms with van der Waals surface area (Å²) in [5.74, 6) is 0.0409. The van der Waals surface area contributed by atoms with Crippen LogP contribution in [0.1, 0.15) is 5.56 Å². The lowest BCUT2D eigenvalue weighted by molar-refractivity contribution is 0.605. The third kappa shape index (κ3) is 2.57. The Balaban J connectivity index is 2.16.